The number of carbonyl (C=O) groups excluding carboxylic acids is 3. The van der Waals surface area contributed by atoms with Crippen molar-refractivity contribution in [1.29, 1.82) is 5.26 Å². The predicted molar refractivity (Wildman–Crippen MR) is 153 cm³/mol. The van der Waals surface area contributed by atoms with Crippen LogP contribution in [-0.4, -0.2) is 52.3 Å². The Kier molecular flexibility index (Phi) is 8.55. The van der Waals surface area contributed by atoms with Crippen molar-refractivity contribution in [1.82, 2.24) is 20.5 Å². The van der Waals surface area contributed by atoms with Crippen molar-refractivity contribution in [3.05, 3.63) is 35.0 Å². The maximum absolute atomic E-state index is 13.7. The zero-order valence-electron chi connectivity index (χ0n) is 24.2. The van der Waals surface area contributed by atoms with Gasteiger partial charge in [-0.25, -0.2) is 4.98 Å². The minimum absolute atomic E-state index is 0.0458. The number of amides is 3. The molecule has 0 spiro atoms. The first-order valence-electron chi connectivity index (χ1n) is 13.9. The van der Waals surface area contributed by atoms with Crippen LogP contribution in [0.1, 0.15) is 71.6 Å². The number of nitriles is 1. The number of thiazole rings is 1. The molecule has 1 aliphatic heterocycles. The lowest BCUT2D eigenvalue weighted by atomic mass is 9.85. The van der Waals surface area contributed by atoms with Crippen LogP contribution in [0.25, 0.3) is 10.4 Å². The van der Waals surface area contributed by atoms with E-state index in [1.54, 1.807) is 16.2 Å². The fourth-order valence-electron chi connectivity index (χ4n) is 4.99. The van der Waals surface area contributed by atoms with E-state index in [1.165, 1.54) is 0 Å². The quantitative estimate of drug-likeness (QED) is 0.466. The van der Waals surface area contributed by atoms with E-state index >= 15 is 0 Å². The largest absolute Gasteiger partial charge is 0.491 e. The van der Waals surface area contributed by atoms with E-state index in [9.17, 15) is 19.6 Å². The molecule has 1 saturated heterocycles. The van der Waals surface area contributed by atoms with E-state index in [1.807, 2.05) is 65.3 Å². The Balaban J connectivity index is 1.47. The van der Waals surface area contributed by atoms with Crippen molar-refractivity contribution in [2.75, 3.05) is 6.54 Å². The standard InChI is InChI=1S/C30H39N5O4S/c1-18(2)39-23-14-20(24-19(3)33-17-40-24)9-10-21(23)15-32-26(36)22-8-7-13-35(22)27(37)25(29(4,5)6)34-28(38)30(16-31)11-12-30/h9-10,14,17-18,22,25H,7-8,11-13,15H2,1-6H3,(H,32,36)(H,34,38)/t22-,25+/m0/s1. The summed E-state index contributed by atoms with van der Waals surface area (Å²) in [6.07, 6.45) is 2.20. The van der Waals surface area contributed by atoms with E-state index in [0.29, 0.717) is 38.0 Å². The second-order valence-corrected chi connectivity index (χ2v) is 13.0. The molecule has 1 aromatic carbocycles. The molecule has 3 amide bonds. The molecule has 4 rings (SSSR count). The van der Waals surface area contributed by atoms with Gasteiger partial charge in [-0.3, -0.25) is 14.4 Å². The topological polar surface area (TPSA) is 124 Å². The fraction of sp³-hybridized carbons (Fsp3) is 0.567. The van der Waals surface area contributed by atoms with Crippen LogP contribution >= 0.6 is 11.3 Å². The SMILES string of the molecule is Cc1ncsc1-c1ccc(CNC(=O)[C@@H]2CCCN2C(=O)[C@@H](NC(=O)C2(C#N)CC2)C(C)(C)C)c(OC(C)C)c1. The Bertz CT molecular complexity index is 1320. The van der Waals surface area contributed by atoms with Crippen LogP contribution in [0.5, 0.6) is 5.75 Å². The van der Waals surface area contributed by atoms with Gasteiger partial charge in [0.25, 0.3) is 0 Å². The lowest BCUT2D eigenvalue weighted by Gasteiger charge is -2.35. The van der Waals surface area contributed by atoms with Crippen LogP contribution in [0.2, 0.25) is 0 Å². The Labute approximate surface area is 240 Å². The van der Waals surface area contributed by atoms with E-state index < -0.39 is 28.8 Å². The predicted octanol–water partition coefficient (Wildman–Crippen LogP) is 4.35. The van der Waals surface area contributed by atoms with Gasteiger partial charge in [-0.2, -0.15) is 5.26 Å². The maximum Gasteiger partial charge on any atom is 0.246 e. The van der Waals surface area contributed by atoms with Crippen LogP contribution in [0.4, 0.5) is 0 Å². The molecule has 0 radical (unpaired) electrons. The maximum atomic E-state index is 13.7. The number of ether oxygens (including phenoxy) is 1. The molecular weight excluding hydrogens is 526 g/mol. The summed E-state index contributed by atoms with van der Waals surface area (Å²) < 4.78 is 6.09. The first kappa shape index (κ1) is 29.5. The summed E-state index contributed by atoms with van der Waals surface area (Å²) in [5.41, 5.74) is 3.00. The summed E-state index contributed by atoms with van der Waals surface area (Å²) in [5, 5.41) is 15.3. The molecule has 10 heteroatoms. The smallest absolute Gasteiger partial charge is 0.246 e. The number of hydrogen-bond donors (Lipinski definition) is 2. The van der Waals surface area contributed by atoms with Crippen molar-refractivity contribution in [3.63, 3.8) is 0 Å². The monoisotopic (exact) mass is 565 g/mol. The third-order valence-corrected chi connectivity index (χ3v) is 8.49. The molecule has 1 saturated carbocycles. The number of nitrogens with zero attached hydrogens (tertiary/aromatic N) is 3. The molecule has 2 aliphatic rings. The molecule has 214 valence electrons. The number of hydrogen-bond acceptors (Lipinski definition) is 7. The highest BCUT2D eigenvalue weighted by atomic mass is 32.1. The number of carbonyl (C=O) groups is 3. The second-order valence-electron chi connectivity index (χ2n) is 12.1. The number of rotatable bonds is 9. The average Bonchev–Trinajstić information content (AvgIpc) is 3.32. The molecule has 0 bridgehead atoms. The van der Waals surface area contributed by atoms with E-state index in [-0.39, 0.29) is 24.5 Å². The van der Waals surface area contributed by atoms with Gasteiger partial charge in [0, 0.05) is 18.7 Å². The van der Waals surface area contributed by atoms with Crippen LogP contribution in [0, 0.1) is 29.1 Å². The molecule has 2 heterocycles. The van der Waals surface area contributed by atoms with Crippen LogP contribution < -0.4 is 15.4 Å². The van der Waals surface area contributed by atoms with Gasteiger partial charge in [-0.05, 0) is 63.5 Å². The summed E-state index contributed by atoms with van der Waals surface area (Å²) in [6.45, 7) is 12.2. The molecule has 2 fully saturated rings. The summed E-state index contributed by atoms with van der Waals surface area (Å²) in [4.78, 5) is 47.0. The number of nitrogens with one attached hydrogen (secondary N) is 2. The Hall–Kier alpha value is -3.45. The highest BCUT2D eigenvalue weighted by Gasteiger charge is 2.53. The van der Waals surface area contributed by atoms with Gasteiger partial charge in [-0.1, -0.05) is 32.9 Å². The molecule has 1 aromatic heterocycles. The normalized spacial score (nSPS) is 18.6. The van der Waals surface area contributed by atoms with Gasteiger partial charge in [0.05, 0.1) is 28.3 Å². The summed E-state index contributed by atoms with van der Waals surface area (Å²) >= 11 is 1.57. The molecular formula is C30H39N5O4S. The summed E-state index contributed by atoms with van der Waals surface area (Å²) in [6, 6.07) is 6.57. The van der Waals surface area contributed by atoms with Gasteiger partial charge in [-0.15, -0.1) is 11.3 Å². The number of benzene rings is 1. The second kappa shape index (κ2) is 11.6. The van der Waals surface area contributed by atoms with Crippen molar-refractivity contribution < 1.29 is 19.1 Å². The van der Waals surface area contributed by atoms with E-state index in [4.69, 9.17) is 4.74 Å². The van der Waals surface area contributed by atoms with Gasteiger partial charge in [0.2, 0.25) is 17.7 Å². The van der Waals surface area contributed by atoms with E-state index in [0.717, 1.165) is 21.7 Å². The van der Waals surface area contributed by atoms with E-state index in [2.05, 4.69) is 21.7 Å². The highest BCUT2D eigenvalue weighted by molar-refractivity contribution is 7.13. The molecule has 2 atom stereocenters. The average molecular weight is 566 g/mol. The molecule has 1 aliphatic carbocycles. The molecule has 2 aromatic rings. The third kappa shape index (κ3) is 6.30. The Morgan fingerprint density at radius 1 is 1.27 bits per heavy atom. The Morgan fingerprint density at radius 2 is 2.00 bits per heavy atom. The van der Waals surface area contributed by atoms with Gasteiger partial charge in [0.1, 0.15) is 23.2 Å². The van der Waals surface area contributed by atoms with Crippen molar-refractivity contribution in [2.45, 2.75) is 92.0 Å². The molecule has 0 unspecified atom stereocenters. The zero-order chi connectivity index (χ0) is 29.2. The fourth-order valence-corrected chi connectivity index (χ4v) is 5.79. The first-order valence-corrected chi connectivity index (χ1v) is 14.7. The number of likely N-dealkylation sites (tertiary alicyclic amines) is 1. The minimum Gasteiger partial charge on any atom is -0.491 e. The van der Waals surface area contributed by atoms with Gasteiger partial charge < -0.3 is 20.3 Å². The molecule has 9 nitrogen and oxygen atoms in total. The van der Waals surface area contributed by atoms with Gasteiger partial charge in [0.15, 0.2) is 0 Å². The third-order valence-electron chi connectivity index (χ3n) is 7.52. The minimum atomic E-state index is -1.03. The number of aromatic nitrogens is 1. The summed E-state index contributed by atoms with van der Waals surface area (Å²) in [5.74, 6) is -0.237. The van der Waals surface area contributed by atoms with Crippen LogP contribution in [0.3, 0.4) is 0 Å². The first-order chi connectivity index (χ1) is 18.9. The lowest BCUT2D eigenvalue weighted by molar-refractivity contribution is -0.144. The van der Waals surface area contributed by atoms with Crippen molar-refractivity contribution in [2.24, 2.45) is 10.8 Å². The van der Waals surface area contributed by atoms with Crippen molar-refractivity contribution in [3.8, 4) is 22.3 Å². The molecule has 2 N–H and O–H groups in total. The molecule has 40 heavy (non-hydrogen) atoms. The van der Waals surface area contributed by atoms with Crippen molar-refractivity contribution >= 4 is 29.1 Å². The Morgan fingerprint density at radius 3 is 2.58 bits per heavy atom. The summed E-state index contributed by atoms with van der Waals surface area (Å²) in [7, 11) is 0. The zero-order valence-corrected chi connectivity index (χ0v) is 25.0. The van der Waals surface area contributed by atoms with Gasteiger partial charge >= 0.3 is 0 Å². The number of aryl methyl sites for hydroxylation is 1. The highest BCUT2D eigenvalue weighted by Crippen LogP contribution is 2.45. The van der Waals surface area contributed by atoms with Crippen LogP contribution in [-0.2, 0) is 20.9 Å². The lowest BCUT2D eigenvalue weighted by Crippen LogP contribution is -2.58. The van der Waals surface area contributed by atoms with Crippen LogP contribution in [0.15, 0.2) is 23.7 Å².